The number of carbonyl (C=O) groups is 1. The fourth-order valence-corrected chi connectivity index (χ4v) is 4.00. The Bertz CT molecular complexity index is 933. The van der Waals surface area contributed by atoms with Gasteiger partial charge in [0.05, 0.1) is 26.0 Å². The quantitative estimate of drug-likeness (QED) is 0.562. The van der Waals surface area contributed by atoms with Gasteiger partial charge in [0, 0.05) is 12.1 Å². The van der Waals surface area contributed by atoms with Crippen LogP contribution in [0.5, 0.6) is 11.5 Å². The molecule has 1 fully saturated rings. The maximum Gasteiger partial charge on any atom is 0.294 e. The molecule has 1 atom stereocenters. The first-order valence-corrected chi connectivity index (χ1v) is 9.80. The van der Waals surface area contributed by atoms with Crippen LogP contribution in [0.3, 0.4) is 0 Å². The van der Waals surface area contributed by atoms with Crippen molar-refractivity contribution in [1.82, 2.24) is 19.8 Å². The van der Waals surface area contributed by atoms with Crippen LogP contribution >= 0.6 is 11.8 Å². The molecular weight excluding hydrogens is 382 g/mol. The minimum Gasteiger partial charge on any atom is -0.497 e. The number of rotatable bonds is 6. The standard InChI is InChI=1S/C18H23N5O4S/c1-11-17(25)23(19)18(21-20-11)28-10-16(24)22-8-4-5-14(22)13-9-12(26-2)6-7-15(13)27-3/h6-7,9,14H,4-5,8,10,19H2,1-3H3/t14-/m0/s1. The van der Waals surface area contributed by atoms with Gasteiger partial charge in [0.1, 0.15) is 17.2 Å². The number of hydrogen-bond acceptors (Lipinski definition) is 8. The minimum atomic E-state index is -0.426. The zero-order valence-electron chi connectivity index (χ0n) is 16.0. The summed E-state index contributed by atoms with van der Waals surface area (Å²) in [5.74, 6) is 7.22. The number of amides is 1. The van der Waals surface area contributed by atoms with Crippen molar-refractivity contribution in [2.45, 2.75) is 31.0 Å². The van der Waals surface area contributed by atoms with E-state index in [1.54, 1.807) is 14.2 Å². The van der Waals surface area contributed by atoms with Gasteiger partial charge in [-0.15, -0.1) is 10.2 Å². The van der Waals surface area contributed by atoms with Gasteiger partial charge in [-0.2, -0.15) is 4.68 Å². The molecule has 150 valence electrons. The summed E-state index contributed by atoms with van der Waals surface area (Å²) in [5, 5.41) is 7.89. The SMILES string of the molecule is COc1ccc(OC)c([C@@H]2CCCN2C(=O)CSc2nnc(C)c(=O)n2N)c1. The van der Waals surface area contributed by atoms with Gasteiger partial charge in [0.25, 0.3) is 5.56 Å². The van der Waals surface area contributed by atoms with Gasteiger partial charge >= 0.3 is 0 Å². The molecule has 1 aromatic heterocycles. The zero-order chi connectivity index (χ0) is 20.3. The number of thioether (sulfide) groups is 1. The fourth-order valence-electron chi connectivity index (χ4n) is 3.27. The van der Waals surface area contributed by atoms with Crippen molar-refractivity contribution >= 4 is 17.7 Å². The highest BCUT2D eigenvalue weighted by atomic mass is 32.2. The number of carbonyl (C=O) groups excluding carboxylic acids is 1. The van der Waals surface area contributed by atoms with Gasteiger partial charge < -0.3 is 20.2 Å². The number of hydrogen-bond donors (Lipinski definition) is 1. The highest BCUT2D eigenvalue weighted by molar-refractivity contribution is 7.99. The van der Waals surface area contributed by atoms with Crippen LogP contribution in [0.2, 0.25) is 0 Å². The van der Waals surface area contributed by atoms with Gasteiger partial charge in [0.2, 0.25) is 11.1 Å². The molecule has 1 aliphatic rings. The molecular formula is C18H23N5O4S. The van der Waals surface area contributed by atoms with E-state index in [4.69, 9.17) is 15.3 Å². The second-order valence-electron chi connectivity index (χ2n) is 6.38. The molecule has 1 amide bonds. The lowest BCUT2D eigenvalue weighted by Gasteiger charge is -2.26. The van der Waals surface area contributed by atoms with Crippen LogP contribution in [-0.4, -0.2) is 52.2 Å². The smallest absolute Gasteiger partial charge is 0.294 e. The highest BCUT2D eigenvalue weighted by Gasteiger charge is 2.32. The molecule has 0 radical (unpaired) electrons. The number of aromatic nitrogens is 3. The van der Waals surface area contributed by atoms with Crippen LogP contribution in [0, 0.1) is 6.92 Å². The molecule has 0 saturated carbocycles. The van der Waals surface area contributed by atoms with Crippen molar-refractivity contribution in [3.63, 3.8) is 0 Å². The predicted octanol–water partition coefficient (Wildman–Crippen LogP) is 1.13. The number of methoxy groups -OCH3 is 2. The van der Waals surface area contributed by atoms with E-state index in [9.17, 15) is 9.59 Å². The van der Waals surface area contributed by atoms with E-state index >= 15 is 0 Å². The average Bonchev–Trinajstić information content (AvgIpc) is 3.20. The monoisotopic (exact) mass is 405 g/mol. The molecule has 1 aliphatic heterocycles. The van der Waals surface area contributed by atoms with E-state index in [1.165, 1.54) is 6.92 Å². The first-order chi connectivity index (χ1) is 13.5. The summed E-state index contributed by atoms with van der Waals surface area (Å²) in [6, 6.07) is 5.49. The third-order valence-electron chi connectivity index (χ3n) is 4.71. The molecule has 9 nitrogen and oxygen atoms in total. The van der Waals surface area contributed by atoms with Crippen LogP contribution in [0.4, 0.5) is 0 Å². The number of ether oxygens (including phenoxy) is 2. The Balaban J connectivity index is 1.77. The van der Waals surface area contributed by atoms with Crippen molar-refractivity contribution in [2.75, 3.05) is 32.4 Å². The number of benzene rings is 1. The Labute approximate surface area is 166 Å². The average molecular weight is 405 g/mol. The van der Waals surface area contributed by atoms with E-state index in [1.807, 2.05) is 23.1 Å². The van der Waals surface area contributed by atoms with E-state index < -0.39 is 5.56 Å². The summed E-state index contributed by atoms with van der Waals surface area (Å²) >= 11 is 1.10. The maximum absolute atomic E-state index is 12.9. The first kappa shape index (κ1) is 20.0. The van der Waals surface area contributed by atoms with Gasteiger partial charge in [-0.05, 0) is 38.0 Å². The van der Waals surface area contributed by atoms with Crippen molar-refractivity contribution < 1.29 is 14.3 Å². The van der Waals surface area contributed by atoms with Crippen LogP contribution in [0.1, 0.15) is 30.1 Å². The normalized spacial score (nSPS) is 16.2. The van der Waals surface area contributed by atoms with Crippen molar-refractivity contribution in [3.05, 3.63) is 39.8 Å². The number of nitrogens with two attached hydrogens (primary N) is 1. The molecule has 1 aromatic carbocycles. The van der Waals surface area contributed by atoms with Crippen molar-refractivity contribution in [3.8, 4) is 11.5 Å². The predicted molar refractivity (Wildman–Crippen MR) is 105 cm³/mol. The summed E-state index contributed by atoms with van der Waals surface area (Å²) in [6.07, 6.45) is 1.74. The topological polar surface area (TPSA) is 113 Å². The largest absolute Gasteiger partial charge is 0.497 e. The number of likely N-dealkylation sites (tertiary alicyclic amines) is 1. The fraction of sp³-hybridized carbons (Fsp3) is 0.444. The van der Waals surface area contributed by atoms with Gasteiger partial charge in [-0.3, -0.25) is 9.59 Å². The molecule has 10 heteroatoms. The molecule has 0 bridgehead atoms. The summed E-state index contributed by atoms with van der Waals surface area (Å²) in [4.78, 5) is 26.6. The van der Waals surface area contributed by atoms with Crippen LogP contribution in [0.25, 0.3) is 0 Å². The summed E-state index contributed by atoms with van der Waals surface area (Å²) < 4.78 is 11.7. The summed E-state index contributed by atoms with van der Waals surface area (Å²) in [5.41, 5.74) is 0.705. The van der Waals surface area contributed by atoms with Crippen LogP contribution < -0.4 is 20.9 Å². The van der Waals surface area contributed by atoms with Crippen LogP contribution in [0.15, 0.2) is 28.2 Å². The molecule has 1 saturated heterocycles. The lowest BCUT2D eigenvalue weighted by Crippen LogP contribution is -2.34. The van der Waals surface area contributed by atoms with Crippen molar-refractivity contribution in [2.24, 2.45) is 0 Å². The summed E-state index contributed by atoms with van der Waals surface area (Å²) in [6.45, 7) is 2.19. The lowest BCUT2D eigenvalue weighted by molar-refractivity contribution is -0.129. The van der Waals surface area contributed by atoms with Crippen LogP contribution in [-0.2, 0) is 4.79 Å². The second kappa shape index (κ2) is 8.51. The lowest BCUT2D eigenvalue weighted by atomic mass is 10.0. The van der Waals surface area contributed by atoms with Crippen molar-refractivity contribution in [1.29, 1.82) is 0 Å². The van der Waals surface area contributed by atoms with E-state index in [0.717, 1.165) is 40.6 Å². The third kappa shape index (κ3) is 3.91. The second-order valence-corrected chi connectivity index (χ2v) is 7.33. The van der Waals surface area contributed by atoms with Gasteiger partial charge in [-0.25, -0.2) is 0 Å². The molecule has 3 rings (SSSR count). The highest BCUT2D eigenvalue weighted by Crippen LogP contribution is 2.39. The molecule has 0 unspecified atom stereocenters. The molecule has 2 N–H and O–H groups in total. The van der Waals surface area contributed by atoms with E-state index in [2.05, 4.69) is 10.2 Å². The summed E-state index contributed by atoms with van der Waals surface area (Å²) in [7, 11) is 3.22. The number of aryl methyl sites for hydroxylation is 1. The van der Waals surface area contributed by atoms with Gasteiger partial charge in [-0.1, -0.05) is 11.8 Å². The molecule has 28 heavy (non-hydrogen) atoms. The Hall–Kier alpha value is -2.75. The molecule has 2 heterocycles. The number of nitrogen functional groups attached to an aromatic ring is 1. The van der Waals surface area contributed by atoms with E-state index in [-0.39, 0.29) is 28.6 Å². The van der Waals surface area contributed by atoms with Gasteiger partial charge in [0.15, 0.2) is 0 Å². The third-order valence-corrected chi connectivity index (χ3v) is 5.64. The first-order valence-electron chi connectivity index (χ1n) is 8.81. The molecule has 0 aliphatic carbocycles. The van der Waals surface area contributed by atoms with E-state index in [0.29, 0.717) is 12.3 Å². The molecule has 0 spiro atoms. The minimum absolute atomic E-state index is 0.0628. The Morgan fingerprint density at radius 1 is 1.32 bits per heavy atom. The zero-order valence-corrected chi connectivity index (χ0v) is 16.9. The Kier molecular flexibility index (Phi) is 6.08. The Morgan fingerprint density at radius 2 is 2.11 bits per heavy atom. The number of nitrogens with zero attached hydrogens (tertiary/aromatic N) is 4. The Morgan fingerprint density at radius 3 is 2.82 bits per heavy atom. The maximum atomic E-state index is 12.9. The molecule has 2 aromatic rings.